The molecule has 1 heterocycles. The summed E-state index contributed by atoms with van der Waals surface area (Å²) in [6, 6.07) is 2.18. The topological polar surface area (TPSA) is 42.1 Å². The third-order valence-corrected chi connectivity index (χ3v) is 4.45. The smallest absolute Gasteiger partial charge is 0.0497 e. The van der Waals surface area contributed by atoms with Gasteiger partial charge in [0.25, 0.3) is 0 Å². The molecule has 0 aliphatic rings. The Kier molecular flexibility index (Phi) is 5.95. The Hall–Kier alpha value is -0.930. The van der Waals surface area contributed by atoms with E-state index in [0.29, 0.717) is 0 Å². The maximum Gasteiger partial charge on any atom is 0.0497 e. The molecule has 0 aliphatic carbocycles. The molecule has 19 heavy (non-hydrogen) atoms. The fourth-order valence-electron chi connectivity index (χ4n) is 3.25. The van der Waals surface area contributed by atoms with Crippen LogP contribution in [0.15, 0.2) is 18.5 Å². The summed E-state index contributed by atoms with van der Waals surface area (Å²) >= 11 is 0. The molecule has 0 aliphatic heterocycles. The number of hydrogen-bond acceptors (Lipinski definition) is 3. The van der Waals surface area contributed by atoms with Gasteiger partial charge in [0.2, 0.25) is 0 Å². The number of nitrogens with two attached hydrogens (primary N) is 1. The molecule has 1 unspecified atom stereocenters. The van der Waals surface area contributed by atoms with E-state index >= 15 is 0 Å². The fraction of sp³-hybridized carbons (Fsp3) is 0.688. The quantitative estimate of drug-likeness (QED) is 0.821. The van der Waals surface area contributed by atoms with Crippen LogP contribution in [0.4, 0.5) is 0 Å². The van der Waals surface area contributed by atoms with Gasteiger partial charge in [0.05, 0.1) is 0 Å². The van der Waals surface area contributed by atoms with E-state index in [-0.39, 0.29) is 11.6 Å². The Labute approximate surface area is 118 Å². The second-order valence-electron chi connectivity index (χ2n) is 5.26. The van der Waals surface area contributed by atoms with Gasteiger partial charge in [0.1, 0.15) is 0 Å². The molecule has 0 aromatic carbocycles. The molecule has 3 heteroatoms. The van der Waals surface area contributed by atoms with Crippen molar-refractivity contribution in [1.29, 1.82) is 0 Å². The van der Waals surface area contributed by atoms with Crippen LogP contribution >= 0.6 is 0 Å². The minimum Gasteiger partial charge on any atom is -0.322 e. The molecule has 0 saturated carbocycles. The molecule has 0 bridgehead atoms. The average molecular weight is 263 g/mol. The van der Waals surface area contributed by atoms with Gasteiger partial charge in [0, 0.05) is 24.0 Å². The summed E-state index contributed by atoms with van der Waals surface area (Å²) < 4.78 is 0. The maximum atomic E-state index is 6.63. The highest BCUT2D eigenvalue weighted by Crippen LogP contribution is 2.35. The molecular weight excluding hydrogens is 234 g/mol. The van der Waals surface area contributed by atoms with Crippen molar-refractivity contribution in [1.82, 2.24) is 9.88 Å². The van der Waals surface area contributed by atoms with Crippen molar-refractivity contribution in [2.75, 3.05) is 13.1 Å². The fourth-order valence-corrected chi connectivity index (χ4v) is 3.25. The monoisotopic (exact) mass is 263 g/mol. The standard InChI is InChI=1S/C16H29N3/c1-6-16(7-2,19(8-3)9-4)15(17)14-10-13(5)11-18-12-14/h10-12,15H,6-9,17H2,1-5H3. The lowest BCUT2D eigenvalue weighted by Gasteiger charge is -2.46. The zero-order valence-corrected chi connectivity index (χ0v) is 13.1. The van der Waals surface area contributed by atoms with Gasteiger partial charge in [-0.15, -0.1) is 0 Å². The molecule has 0 fully saturated rings. The van der Waals surface area contributed by atoms with Crippen LogP contribution < -0.4 is 5.73 Å². The van der Waals surface area contributed by atoms with Gasteiger partial charge in [-0.1, -0.05) is 33.8 Å². The van der Waals surface area contributed by atoms with Crippen LogP contribution in [0, 0.1) is 6.92 Å². The first-order valence-electron chi connectivity index (χ1n) is 7.47. The highest BCUT2D eigenvalue weighted by Gasteiger charge is 2.38. The molecule has 3 nitrogen and oxygen atoms in total. The van der Waals surface area contributed by atoms with Crippen molar-refractivity contribution in [3.05, 3.63) is 29.6 Å². The molecule has 1 aromatic heterocycles. The van der Waals surface area contributed by atoms with E-state index in [9.17, 15) is 0 Å². The van der Waals surface area contributed by atoms with Crippen LogP contribution in [0.1, 0.15) is 57.7 Å². The van der Waals surface area contributed by atoms with E-state index in [2.05, 4.69) is 50.6 Å². The van der Waals surface area contributed by atoms with Crippen LogP contribution in [-0.2, 0) is 0 Å². The first-order valence-corrected chi connectivity index (χ1v) is 7.47. The molecule has 0 saturated heterocycles. The zero-order valence-electron chi connectivity index (χ0n) is 13.1. The van der Waals surface area contributed by atoms with Crippen molar-refractivity contribution in [3.63, 3.8) is 0 Å². The molecule has 1 aromatic rings. The molecular formula is C16H29N3. The number of rotatable bonds is 7. The molecule has 1 atom stereocenters. The van der Waals surface area contributed by atoms with E-state index in [1.807, 2.05) is 12.4 Å². The largest absolute Gasteiger partial charge is 0.322 e. The lowest BCUT2D eigenvalue weighted by molar-refractivity contribution is 0.0624. The third-order valence-electron chi connectivity index (χ3n) is 4.45. The summed E-state index contributed by atoms with van der Waals surface area (Å²) in [5.41, 5.74) is 8.98. The van der Waals surface area contributed by atoms with Gasteiger partial charge in [0.15, 0.2) is 0 Å². The van der Waals surface area contributed by atoms with Gasteiger partial charge in [-0.2, -0.15) is 0 Å². The number of aromatic nitrogens is 1. The number of aryl methyl sites for hydroxylation is 1. The van der Waals surface area contributed by atoms with Crippen molar-refractivity contribution >= 4 is 0 Å². The van der Waals surface area contributed by atoms with Crippen molar-refractivity contribution in [3.8, 4) is 0 Å². The highest BCUT2D eigenvalue weighted by molar-refractivity contribution is 5.23. The van der Waals surface area contributed by atoms with E-state index in [1.54, 1.807) is 0 Å². The summed E-state index contributed by atoms with van der Waals surface area (Å²) in [4.78, 5) is 6.80. The van der Waals surface area contributed by atoms with E-state index < -0.39 is 0 Å². The molecule has 1 rings (SSSR count). The minimum atomic E-state index is 0.00907. The molecule has 0 spiro atoms. The SMILES string of the molecule is CCN(CC)C(CC)(CC)C(N)c1cncc(C)c1. The van der Waals surface area contributed by atoms with Crippen molar-refractivity contribution in [2.45, 2.75) is 59.0 Å². The number of pyridine rings is 1. The summed E-state index contributed by atoms with van der Waals surface area (Å²) in [5.74, 6) is 0. The maximum absolute atomic E-state index is 6.63. The van der Waals surface area contributed by atoms with E-state index in [4.69, 9.17) is 5.73 Å². The first kappa shape index (κ1) is 16.1. The summed E-state index contributed by atoms with van der Waals surface area (Å²) in [6.45, 7) is 13.0. The minimum absolute atomic E-state index is 0.00907. The molecule has 108 valence electrons. The Morgan fingerprint density at radius 1 is 1.16 bits per heavy atom. The summed E-state index contributed by atoms with van der Waals surface area (Å²) in [5, 5.41) is 0. The van der Waals surface area contributed by atoms with Gasteiger partial charge >= 0.3 is 0 Å². The predicted octanol–water partition coefficient (Wildman–Crippen LogP) is 3.29. The Morgan fingerprint density at radius 2 is 1.74 bits per heavy atom. The van der Waals surface area contributed by atoms with Crippen LogP contribution in [-0.4, -0.2) is 28.5 Å². The lowest BCUT2D eigenvalue weighted by atomic mass is 9.79. The van der Waals surface area contributed by atoms with Gasteiger partial charge in [-0.3, -0.25) is 9.88 Å². The van der Waals surface area contributed by atoms with Crippen molar-refractivity contribution < 1.29 is 0 Å². The zero-order chi connectivity index (χ0) is 14.5. The Morgan fingerprint density at radius 3 is 2.16 bits per heavy atom. The van der Waals surface area contributed by atoms with E-state index in [1.165, 1.54) is 5.56 Å². The first-order chi connectivity index (χ1) is 9.05. The Bertz CT molecular complexity index is 381. The van der Waals surface area contributed by atoms with Crippen LogP contribution in [0.25, 0.3) is 0 Å². The van der Waals surface area contributed by atoms with Crippen LogP contribution in [0.3, 0.4) is 0 Å². The van der Waals surface area contributed by atoms with Crippen LogP contribution in [0.2, 0.25) is 0 Å². The van der Waals surface area contributed by atoms with E-state index in [0.717, 1.165) is 31.5 Å². The number of hydrogen-bond donors (Lipinski definition) is 1. The molecule has 0 amide bonds. The third kappa shape index (κ3) is 3.15. The number of likely N-dealkylation sites (N-methyl/N-ethyl adjacent to an activating group) is 1. The Balaban J connectivity index is 3.17. The predicted molar refractivity (Wildman–Crippen MR) is 82.1 cm³/mol. The summed E-state index contributed by atoms with van der Waals surface area (Å²) in [6.07, 6.45) is 5.91. The normalized spacial score (nSPS) is 13.8. The average Bonchev–Trinajstić information content (AvgIpc) is 2.44. The summed E-state index contributed by atoms with van der Waals surface area (Å²) in [7, 11) is 0. The van der Waals surface area contributed by atoms with Crippen molar-refractivity contribution in [2.24, 2.45) is 5.73 Å². The molecule has 0 radical (unpaired) electrons. The van der Waals surface area contributed by atoms with Gasteiger partial charge in [-0.05, 0) is 44.0 Å². The lowest BCUT2D eigenvalue weighted by Crippen LogP contribution is -2.54. The molecule has 2 N–H and O–H groups in total. The second kappa shape index (κ2) is 7.01. The highest BCUT2D eigenvalue weighted by atomic mass is 15.2. The van der Waals surface area contributed by atoms with Gasteiger partial charge in [-0.25, -0.2) is 0 Å². The van der Waals surface area contributed by atoms with Gasteiger partial charge < -0.3 is 5.73 Å². The number of nitrogens with zero attached hydrogens (tertiary/aromatic N) is 2. The second-order valence-corrected chi connectivity index (χ2v) is 5.26. The van der Waals surface area contributed by atoms with Crippen LogP contribution in [0.5, 0.6) is 0 Å².